The van der Waals surface area contributed by atoms with Gasteiger partial charge in [0.05, 0.1) is 18.2 Å². The highest BCUT2D eigenvalue weighted by molar-refractivity contribution is 9.25. The average molecular weight is 444 g/mol. The highest BCUT2D eigenvalue weighted by Crippen LogP contribution is 2.49. The number of benzene rings is 1. The van der Waals surface area contributed by atoms with Gasteiger partial charge in [0.25, 0.3) is 0 Å². The van der Waals surface area contributed by atoms with Crippen LogP contribution in [0, 0.1) is 5.92 Å². The maximum atomic E-state index is 12.8. The molecule has 7 heteroatoms. The number of ether oxygens (including phenoxy) is 1. The quantitative estimate of drug-likeness (QED) is 0.647. The first-order chi connectivity index (χ1) is 10.7. The van der Waals surface area contributed by atoms with Crippen molar-refractivity contribution in [3.05, 3.63) is 46.2 Å². The van der Waals surface area contributed by atoms with E-state index in [9.17, 15) is 19.8 Å². The Morgan fingerprint density at radius 1 is 1.17 bits per heavy atom. The van der Waals surface area contributed by atoms with Crippen LogP contribution in [0.15, 0.2) is 35.1 Å². The molecular formula is C16H12Br2O5. The summed E-state index contributed by atoms with van der Waals surface area (Å²) in [6.45, 7) is 1.71. The zero-order valence-corrected chi connectivity index (χ0v) is 15.4. The Hall–Kier alpha value is -1.60. The number of aliphatic hydroxyl groups excluding tert-OH is 1. The lowest BCUT2D eigenvalue weighted by molar-refractivity contribution is 0.0960. The lowest BCUT2D eigenvalue weighted by Crippen LogP contribution is -2.34. The maximum Gasteiger partial charge on any atom is 0.201 e. The number of Topliss-reactive ketones (excluding diaryl/α,β-unsaturated/α-hetero) is 2. The van der Waals surface area contributed by atoms with Crippen molar-refractivity contribution in [2.75, 3.05) is 7.11 Å². The molecule has 0 amide bonds. The van der Waals surface area contributed by atoms with Gasteiger partial charge in [-0.15, -0.1) is 0 Å². The molecule has 2 aliphatic rings. The molecule has 0 aliphatic heterocycles. The minimum absolute atomic E-state index is 0.0556. The number of ketones is 2. The SMILES string of the molecule is COc1cc(O)c2c(c1)C(=O)C1=CC(Br)(Br)C(C)C(O)=C1C2=O. The Balaban J connectivity index is 2.34. The van der Waals surface area contributed by atoms with Crippen molar-refractivity contribution < 1.29 is 24.5 Å². The second kappa shape index (κ2) is 5.21. The molecule has 1 aromatic rings. The fraction of sp³-hybridized carbons (Fsp3) is 0.250. The van der Waals surface area contributed by atoms with Gasteiger partial charge in [-0.1, -0.05) is 38.8 Å². The second-order valence-corrected chi connectivity index (χ2v) is 9.13. The van der Waals surface area contributed by atoms with Crippen LogP contribution in [0.3, 0.4) is 0 Å². The van der Waals surface area contributed by atoms with E-state index in [0.717, 1.165) is 0 Å². The van der Waals surface area contributed by atoms with Gasteiger partial charge in [-0.25, -0.2) is 0 Å². The second-order valence-electron chi connectivity index (χ2n) is 5.44. The van der Waals surface area contributed by atoms with Gasteiger partial charge in [0.2, 0.25) is 5.78 Å². The standard InChI is InChI=1S/C16H12Br2O5/c1-6-13(20)12-9(5-16(6,17)18)14(21)8-3-7(23-2)4-10(19)11(8)15(12)22/h3-6,19-20H,1-2H3. The molecule has 0 fully saturated rings. The summed E-state index contributed by atoms with van der Waals surface area (Å²) in [5.74, 6) is -1.78. The van der Waals surface area contributed by atoms with E-state index in [4.69, 9.17) is 4.74 Å². The van der Waals surface area contributed by atoms with Crippen molar-refractivity contribution in [2.24, 2.45) is 5.92 Å². The van der Waals surface area contributed by atoms with E-state index < -0.39 is 20.7 Å². The fourth-order valence-corrected chi connectivity index (χ4v) is 3.64. The van der Waals surface area contributed by atoms with Crippen LogP contribution < -0.4 is 4.74 Å². The van der Waals surface area contributed by atoms with Crippen molar-refractivity contribution in [1.82, 2.24) is 0 Å². The minimum atomic E-state index is -0.836. The Morgan fingerprint density at radius 2 is 1.83 bits per heavy atom. The number of phenolic OH excluding ortho intramolecular Hbond substituents is 1. The number of carbonyl (C=O) groups is 2. The highest BCUT2D eigenvalue weighted by atomic mass is 79.9. The number of carbonyl (C=O) groups excluding carboxylic acids is 2. The molecule has 0 saturated carbocycles. The van der Waals surface area contributed by atoms with Crippen LogP contribution in [0.4, 0.5) is 0 Å². The molecule has 5 nitrogen and oxygen atoms in total. The van der Waals surface area contributed by atoms with Crippen LogP contribution in [-0.2, 0) is 0 Å². The van der Waals surface area contributed by atoms with Gasteiger partial charge in [-0.2, -0.15) is 0 Å². The number of rotatable bonds is 1. The van der Waals surface area contributed by atoms with Gasteiger partial charge in [0, 0.05) is 23.1 Å². The Morgan fingerprint density at radius 3 is 2.43 bits per heavy atom. The molecule has 2 aliphatic carbocycles. The molecule has 0 saturated heterocycles. The third-order valence-corrected chi connectivity index (χ3v) is 5.95. The van der Waals surface area contributed by atoms with Gasteiger partial charge in [-0.05, 0) is 12.1 Å². The summed E-state index contributed by atoms with van der Waals surface area (Å²) < 4.78 is 4.20. The zero-order valence-electron chi connectivity index (χ0n) is 12.2. The summed E-state index contributed by atoms with van der Waals surface area (Å²) in [4.78, 5) is 25.5. The molecule has 0 aromatic heterocycles. The van der Waals surface area contributed by atoms with Crippen molar-refractivity contribution in [1.29, 1.82) is 0 Å². The van der Waals surface area contributed by atoms with E-state index in [1.54, 1.807) is 13.0 Å². The van der Waals surface area contributed by atoms with Crippen LogP contribution in [0.1, 0.15) is 27.6 Å². The molecule has 1 atom stereocenters. The van der Waals surface area contributed by atoms with Crippen LogP contribution in [-0.4, -0.2) is 32.1 Å². The molecule has 0 radical (unpaired) electrons. The largest absolute Gasteiger partial charge is 0.511 e. The lowest BCUT2D eigenvalue weighted by atomic mass is 9.76. The first-order valence-electron chi connectivity index (χ1n) is 6.73. The molecule has 120 valence electrons. The van der Waals surface area contributed by atoms with E-state index in [2.05, 4.69) is 31.9 Å². The Labute approximate surface area is 148 Å². The maximum absolute atomic E-state index is 12.8. The van der Waals surface area contributed by atoms with Crippen LogP contribution in [0.5, 0.6) is 11.5 Å². The summed E-state index contributed by atoms with van der Waals surface area (Å²) >= 11 is 6.80. The molecule has 1 unspecified atom stereocenters. The topological polar surface area (TPSA) is 83.8 Å². The van der Waals surface area contributed by atoms with Crippen molar-refractivity contribution >= 4 is 43.4 Å². The number of fused-ring (bicyclic) bond motifs is 2. The number of hydrogen-bond donors (Lipinski definition) is 2. The van der Waals surface area contributed by atoms with E-state index in [0.29, 0.717) is 0 Å². The fourth-order valence-electron chi connectivity index (χ4n) is 2.75. The van der Waals surface area contributed by atoms with Gasteiger partial charge in [0.15, 0.2) is 5.78 Å². The minimum Gasteiger partial charge on any atom is -0.511 e. The summed E-state index contributed by atoms with van der Waals surface area (Å²) in [5.41, 5.74) is -0.0251. The predicted molar refractivity (Wildman–Crippen MR) is 90.8 cm³/mol. The van der Waals surface area contributed by atoms with Crippen molar-refractivity contribution in [2.45, 2.75) is 10.2 Å². The lowest BCUT2D eigenvalue weighted by Gasteiger charge is -2.33. The van der Waals surface area contributed by atoms with Crippen molar-refractivity contribution in [3.63, 3.8) is 0 Å². The Bertz CT molecular complexity index is 820. The molecule has 0 bridgehead atoms. The number of hydrogen-bond acceptors (Lipinski definition) is 5. The average Bonchev–Trinajstić information content (AvgIpc) is 2.49. The van der Waals surface area contributed by atoms with Crippen LogP contribution >= 0.6 is 31.9 Å². The smallest absolute Gasteiger partial charge is 0.201 e. The van der Waals surface area contributed by atoms with Gasteiger partial charge in [-0.3, -0.25) is 9.59 Å². The van der Waals surface area contributed by atoms with E-state index >= 15 is 0 Å². The molecule has 3 rings (SSSR count). The number of alkyl halides is 2. The summed E-state index contributed by atoms with van der Waals surface area (Å²) in [7, 11) is 1.40. The van der Waals surface area contributed by atoms with Gasteiger partial charge in [0.1, 0.15) is 20.5 Å². The summed E-state index contributed by atoms with van der Waals surface area (Å²) in [6, 6.07) is 2.67. The number of aromatic hydroxyl groups is 1. The predicted octanol–water partition coefficient (Wildman–Crippen LogP) is 3.65. The number of halogens is 2. The molecule has 2 N–H and O–H groups in total. The molecular weight excluding hydrogens is 432 g/mol. The van der Waals surface area contributed by atoms with E-state index in [-0.39, 0.29) is 39.5 Å². The van der Waals surface area contributed by atoms with Crippen LogP contribution in [0.25, 0.3) is 0 Å². The third kappa shape index (κ3) is 2.25. The molecule has 1 aromatic carbocycles. The summed E-state index contributed by atoms with van der Waals surface area (Å²) in [6.07, 6.45) is 1.56. The monoisotopic (exact) mass is 442 g/mol. The van der Waals surface area contributed by atoms with Gasteiger partial charge >= 0.3 is 0 Å². The first kappa shape index (κ1) is 16.3. The number of allylic oxidation sites excluding steroid dienone is 4. The van der Waals surface area contributed by atoms with Gasteiger partial charge < -0.3 is 14.9 Å². The van der Waals surface area contributed by atoms with Crippen molar-refractivity contribution in [3.8, 4) is 11.5 Å². The van der Waals surface area contributed by atoms with E-state index in [1.165, 1.54) is 19.2 Å². The normalized spacial score (nSPS) is 22.4. The highest BCUT2D eigenvalue weighted by Gasteiger charge is 2.46. The zero-order chi connectivity index (χ0) is 17.1. The first-order valence-corrected chi connectivity index (χ1v) is 8.32. The third-order valence-electron chi connectivity index (χ3n) is 4.12. The Kier molecular flexibility index (Phi) is 3.68. The van der Waals surface area contributed by atoms with Crippen LogP contribution in [0.2, 0.25) is 0 Å². The molecule has 0 heterocycles. The number of aliphatic hydroxyl groups is 1. The molecule has 0 spiro atoms. The number of phenols is 1. The number of methoxy groups -OCH3 is 1. The molecule has 23 heavy (non-hydrogen) atoms. The van der Waals surface area contributed by atoms with E-state index in [1.807, 2.05) is 0 Å². The summed E-state index contributed by atoms with van der Waals surface area (Å²) in [5, 5.41) is 20.5.